The van der Waals surface area contributed by atoms with Gasteiger partial charge < -0.3 is 9.47 Å². The third kappa shape index (κ3) is 2.76. The summed E-state index contributed by atoms with van der Waals surface area (Å²) in [4.78, 5) is 24.0. The van der Waals surface area contributed by atoms with Crippen molar-refractivity contribution in [3.05, 3.63) is 83.9 Å². The second kappa shape index (κ2) is 6.60. The zero-order chi connectivity index (χ0) is 19.1. The number of hydrogen-bond acceptors (Lipinski definition) is 3. The highest BCUT2D eigenvalue weighted by Gasteiger charge is 2.30. The van der Waals surface area contributed by atoms with Crippen molar-refractivity contribution < 1.29 is 4.79 Å². The number of benzene rings is 2. The fraction of sp³-hybridized carbons (Fsp3) is 0.174. The molecule has 0 N–H and O–H groups in total. The molecule has 1 aliphatic heterocycles. The largest absolute Gasteiger partial charge is 0.334 e. The van der Waals surface area contributed by atoms with Gasteiger partial charge in [-0.2, -0.15) is 0 Å². The van der Waals surface area contributed by atoms with Crippen LogP contribution in [0.5, 0.6) is 0 Å². The molecule has 0 saturated carbocycles. The van der Waals surface area contributed by atoms with Crippen molar-refractivity contribution in [3.8, 4) is 11.3 Å². The third-order valence-corrected chi connectivity index (χ3v) is 5.40. The standard InChI is InChI=1S/C23H20N4O/c1-26-15-24-13-21(26)19-7-4-6-17-14-27(23(28)22(17)19)12-11-18-10-9-16-5-2-3-8-20(16)25-18/h2-10,13,15H,11-12,14H2,1H3. The van der Waals surface area contributed by atoms with Crippen molar-refractivity contribution in [1.82, 2.24) is 19.4 Å². The Bertz CT molecular complexity index is 1190. The number of imidazole rings is 1. The van der Waals surface area contributed by atoms with Crippen LogP contribution in [0.15, 0.2) is 67.1 Å². The van der Waals surface area contributed by atoms with Crippen molar-refractivity contribution in [2.24, 2.45) is 7.05 Å². The summed E-state index contributed by atoms with van der Waals surface area (Å²) >= 11 is 0. The lowest BCUT2D eigenvalue weighted by Gasteiger charge is -2.15. The molecule has 1 amide bonds. The summed E-state index contributed by atoms with van der Waals surface area (Å²) in [7, 11) is 1.95. The van der Waals surface area contributed by atoms with E-state index in [2.05, 4.69) is 23.2 Å². The van der Waals surface area contributed by atoms with E-state index >= 15 is 0 Å². The first-order valence-electron chi connectivity index (χ1n) is 9.43. The number of carbonyl (C=O) groups is 1. The molecule has 0 saturated heterocycles. The monoisotopic (exact) mass is 368 g/mol. The molecule has 5 heteroatoms. The number of amides is 1. The van der Waals surface area contributed by atoms with E-state index in [1.54, 1.807) is 6.33 Å². The van der Waals surface area contributed by atoms with Gasteiger partial charge in [0.2, 0.25) is 0 Å². The number of carbonyl (C=O) groups excluding carboxylic acids is 1. The SMILES string of the molecule is Cn1cncc1-c1cccc2c1C(=O)N(CCc1ccc3ccccc3n1)C2. The van der Waals surface area contributed by atoms with Gasteiger partial charge in [-0.1, -0.05) is 42.5 Å². The third-order valence-electron chi connectivity index (χ3n) is 5.40. The van der Waals surface area contributed by atoms with E-state index in [0.717, 1.165) is 45.4 Å². The van der Waals surface area contributed by atoms with Gasteiger partial charge in [0.05, 0.1) is 29.3 Å². The summed E-state index contributed by atoms with van der Waals surface area (Å²) in [5.74, 6) is 0.0904. The summed E-state index contributed by atoms with van der Waals surface area (Å²) in [5, 5.41) is 1.14. The number of fused-ring (bicyclic) bond motifs is 2. The van der Waals surface area contributed by atoms with E-state index in [9.17, 15) is 4.79 Å². The van der Waals surface area contributed by atoms with Crippen LogP contribution < -0.4 is 0 Å². The Labute approximate surface area is 163 Å². The number of hydrogen-bond donors (Lipinski definition) is 0. The Morgan fingerprint density at radius 1 is 1.04 bits per heavy atom. The molecule has 0 atom stereocenters. The molecule has 5 rings (SSSR count). The maximum absolute atomic E-state index is 13.1. The molecule has 3 heterocycles. The van der Waals surface area contributed by atoms with Crippen LogP contribution in [0.25, 0.3) is 22.2 Å². The van der Waals surface area contributed by atoms with Crippen LogP contribution in [0.4, 0.5) is 0 Å². The van der Waals surface area contributed by atoms with Crippen molar-refractivity contribution in [1.29, 1.82) is 0 Å². The van der Waals surface area contributed by atoms with Crippen LogP contribution in [0.2, 0.25) is 0 Å². The first kappa shape index (κ1) is 16.7. The zero-order valence-corrected chi connectivity index (χ0v) is 15.7. The number of aromatic nitrogens is 3. The smallest absolute Gasteiger partial charge is 0.255 e. The maximum Gasteiger partial charge on any atom is 0.255 e. The highest BCUT2D eigenvalue weighted by molar-refractivity contribution is 6.04. The van der Waals surface area contributed by atoms with Gasteiger partial charge in [0, 0.05) is 43.2 Å². The lowest BCUT2D eigenvalue weighted by Crippen LogP contribution is -2.26. The Morgan fingerprint density at radius 3 is 2.79 bits per heavy atom. The van der Waals surface area contributed by atoms with Gasteiger partial charge in [-0.3, -0.25) is 9.78 Å². The molecule has 2 aromatic heterocycles. The lowest BCUT2D eigenvalue weighted by atomic mass is 10.0. The second-order valence-corrected chi connectivity index (χ2v) is 7.20. The summed E-state index contributed by atoms with van der Waals surface area (Å²) in [6.45, 7) is 1.30. The molecule has 28 heavy (non-hydrogen) atoms. The van der Waals surface area contributed by atoms with Crippen molar-refractivity contribution in [2.75, 3.05) is 6.54 Å². The van der Waals surface area contributed by atoms with Gasteiger partial charge in [-0.15, -0.1) is 0 Å². The molecule has 1 aliphatic rings. The van der Waals surface area contributed by atoms with Crippen LogP contribution in [0, 0.1) is 0 Å². The van der Waals surface area contributed by atoms with Crippen LogP contribution in [-0.2, 0) is 20.0 Å². The second-order valence-electron chi connectivity index (χ2n) is 7.20. The maximum atomic E-state index is 13.1. The molecule has 0 fully saturated rings. The van der Waals surface area contributed by atoms with E-state index in [4.69, 9.17) is 4.98 Å². The van der Waals surface area contributed by atoms with Crippen LogP contribution in [0.3, 0.4) is 0 Å². The van der Waals surface area contributed by atoms with Crippen molar-refractivity contribution in [3.63, 3.8) is 0 Å². The normalized spacial score (nSPS) is 13.3. The number of pyridine rings is 1. The highest BCUT2D eigenvalue weighted by atomic mass is 16.2. The van der Waals surface area contributed by atoms with Gasteiger partial charge >= 0.3 is 0 Å². The molecule has 0 radical (unpaired) electrons. The molecular weight excluding hydrogens is 348 g/mol. The van der Waals surface area contributed by atoms with E-state index in [1.807, 2.05) is 59.1 Å². The average molecular weight is 368 g/mol. The molecule has 4 aromatic rings. The average Bonchev–Trinajstić information content (AvgIpc) is 3.29. The number of aryl methyl sites for hydroxylation is 1. The van der Waals surface area contributed by atoms with E-state index < -0.39 is 0 Å². The Morgan fingerprint density at radius 2 is 1.93 bits per heavy atom. The zero-order valence-electron chi connectivity index (χ0n) is 15.7. The van der Waals surface area contributed by atoms with Gasteiger partial charge in [0.25, 0.3) is 5.91 Å². The van der Waals surface area contributed by atoms with Crippen LogP contribution in [0.1, 0.15) is 21.6 Å². The number of rotatable bonds is 4. The van der Waals surface area contributed by atoms with Gasteiger partial charge in [-0.25, -0.2) is 4.98 Å². The summed E-state index contributed by atoms with van der Waals surface area (Å²) in [5.41, 5.74) is 5.80. The minimum atomic E-state index is 0.0904. The quantitative estimate of drug-likeness (QED) is 0.550. The van der Waals surface area contributed by atoms with Crippen LogP contribution >= 0.6 is 0 Å². The topological polar surface area (TPSA) is 51.0 Å². The minimum Gasteiger partial charge on any atom is -0.334 e. The summed E-state index contributed by atoms with van der Waals surface area (Å²) in [6, 6.07) is 18.3. The van der Waals surface area contributed by atoms with Gasteiger partial charge in [0.15, 0.2) is 0 Å². The molecule has 138 valence electrons. The predicted molar refractivity (Wildman–Crippen MR) is 109 cm³/mol. The first-order chi connectivity index (χ1) is 13.7. The predicted octanol–water partition coefficient (Wildman–Crippen LogP) is 3.83. The lowest BCUT2D eigenvalue weighted by molar-refractivity contribution is 0.0780. The van der Waals surface area contributed by atoms with Crippen molar-refractivity contribution in [2.45, 2.75) is 13.0 Å². The van der Waals surface area contributed by atoms with Crippen molar-refractivity contribution >= 4 is 16.8 Å². The number of nitrogens with zero attached hydrogens (tertiary/aromatic N) is 4. The Kier molecular flexibility index (Phi) is 3.93. The van der Waals surface area contributed by atoms with E-state index in [-0.39, 0.29) is 5.91 Å². The molecule has 0 bridgehead atoms. The summed E-state index contributed by atoms with van der Waals surface area (Å²) in [6.07, 6.45) is 4.31. The molecule has 0 aliphatic carbocycles. The van der Waals surface area contributed by atoms with Gasteiger partial charge in [0.1, 0.15) is 0 Å². The van der Waals surface area contributed by atoms with E-state index in [0.29, 0.717) is 13.1 Å². The fourth-order valence-electron chi connectivity index (χ4n) is 3.93. The fourth-order valence-corrected chi connectivity index (χ4v) is 3.93. The van der Waals surface area contributed by atoms with E-state index in [1.165, 1.54) is 0 Å². The molecular formula is C23H20N4O. The van der Waals surface area contributed by atoms with Gasteiger partial charge in [-0.05, 0) is 17.7 Å². The highest BCUT2D eigenvalue weighted by Crippen LogP contribution is 2.32. The Balaban J connectivity index is 1.38. The molecule has 0 spiro atoms. The Hall–Kier alpha value is -3.47. The van der Waals surface area contributed by atoms with Crippen LogP contribution in [-0.4, -0.2) is 31.9 Å². The molecule has 0 unspecified atom stereocenters. The minimum absolute atomic E-state index is 0.0904. The summed E-state index contributed by atoms with van der Waals surface area (Å²) < 4.78 is 1.95. The number of para-hydroxylation sites is 1. The molecule has 5 nitrogen and oxygen atoms in total. The molecule has 2 aromatic carbocycles. The first-order valence-corrected chi connectivity index (χ1v) is 9.43.